The first-order chi connectivity index (χ1) is 10.8. The van der Waals surface area contributed by atoms with E-state index in [0.29, 0.717) is 11.2 Å². The Morgan fingerprint density at radius 1 is 1.43 bits per heavy atom. The number of hydrogen-bond donors (Lipinski definition) is 1. The zero-order valence-corrected chi connectivity index (χ0v) is 12.8. The fraction of sp³-hybridized carbons (Fsp3) is 0.154. The molecule has 1 N–H and O–H groups in total. The number of carbonyl (C=O) groups excluding carboxylic acids is 1. The highest BCUT2D eigenvalue weighted by Gasteiger charge is 2.31. The summed E-state index contributed by atoms with van der Waals surface area (Å²) in [4.78, 5) is 20.4. The molecule has 3 heterocycles. The van der Waals surface area contributed by atoms with Crippen molar-refractivity contribution in [1.82, 2.24) is 19.7 Å². The minimum absolute atomic E-state index is 0.0963. The molecule has 0 bridgehead atoms. The fourth-order valence-corrected chi connectivity index (χ4v) is 2.78. The maximum absolute atomic E-state index is 12.5. The molecule has 0 aliphatic carbocycles. The standard InChI is InChI=1S/C13H8ClF3N4OS/c14-8-3-7(13(15,16)17)4-18-9(8)5-19-11(22)10-6-21-1-2-23-12(21)20-10/h1-4,6H,5H2,(H,19,22). The average Bonchev–Trinajstić information content (AvgIpc) is 3.05. The van der Waals surface area contributed by atoms with Crippen molar-refractivity contribution < 1.29 is 18.0 Å². The van der Waals surface area contributed by atoms with Crippen LogP contribution in [0.2, 0.25) is 5.02 Å². The topological polar surface area (TPSA) is 59.3 Å². The smallest absolute Gasteiger partial charge is 0.345 e. The van der Waals surface area contributed by atoms with Gasteiger partial charge in [-0.2, -0.15) is 13.2 Å². The van der Waals surface area contributed by atoms with Crippen LogP contribution in [0.5, 0.6) is 0 Å². The molecular formula is C13H8ClF3N4OS. The van der Waals surface area contributed by atoms with Gasteiger partial charge in [-0.3, -0.25) is 14.2 Å². The molecule has 0 radical (unpaired) electrons. The third-order valence-corrected chi connectivity index (χ3v) is 4.08. The van der Waals surface area contributed by atoms with E-state index in [1.165, 1.54) is 11.3 Å². The molecule has 3 aromatic rings. The number of nitrogens with one attached hydrogen (secondary N) is 1. The Balaban J connectivity index is 1.70. The lowest BCUT2D eigenvalue weighted by Crippen LogP contribution is -2.24. The Bertz CT molecular complexity index is 845. The molecule has 0 atom stereocenters. The summed E-state index contributed by atoms with van der Waals surface area (Å²) in [5.74, 6) is -0.460. The SMILES string of the molecule is O=C(NCc1ncc(C(F)(F)F)cc1Cl)c1cn2ccsc2n1. The minimum Gasteiger partial charge on any atom is -0.345 e. The summed E-state index contributed by atoms with van der Waals surface area (Å²) in [5, 5.41) is 4.19. The van der Waals surface area contributed by atoms with Crippen LogP contribution in [0.25, 0.3) is 4.96 Å². The van der Waals surface area contributed by atoms with Crippen LogP contribution < -0.4 is 5.32 Å². The number of imidazole rings is 1. The molecule has 0 aliphatic rings. The van der Waals surface area contributed by atoms with Gasteiger partial charge in [0.05, 0.1) is 22.8 Å². The summed E-state index contributed by atoms with van der Waals surface area (Å²) >= 11 is 7.16. The third kappa shape index (κ3) is 3.30. The van der Waals surface area contributed by atoms with Gasteiger partial charge >= 0.3 is 6.18 Å². The molecular weight excluding hydrogens is 353 g/mol. The number of nitrogens with zero attached hydrogens (tertiary/aromatic N) is 3. The monoisotopic (exact) mass is 360 g/mol. The van der Waals surface area contributed by atoms with Crippen LogP contribution in [0.3, 0.4) is 0 Å². The van der Waals surface area contributed by atoms with E-state index in [2.05, 4.69) is 15.3 Å². The third-order valence-electron chi connectivity index (χ3n) is 2.99. The van der Waals surface area contributed by atoms with Gasteiger partial charge in [-0.25, -0.2) is 4.98 Å². The van der Waals surface area contributed by atoms with Crippen molar-refractivity contribution in [1.29, 1.82) is 0 Å². The van der Waals surface area contributed by atoms with Gasteiger partial charge in [0.25, 0.3) is 5.91 Å². The first-order valence-corrected chi connectivity index (χ1v) is 7.52. The Labute approximate surface area is 136 Å². The van der Waals surface area contributed by atoms with Crippen LogP contribution in [0.15, 0.2) is 30.0 Å². The molecule has 0 fully saturated rings. The van der Waals surface area contributed by atoms with Gasteiger partial charge in [0.15, 0.2) is 4.96 Å². The highest BCUT2D eigenvalue weighted by molar-refractivity contribution is 7.15. The van der Waals surface area contributed by atoms with E-state index in [1.54, 1.807) is 16.8 Å². The van der Waals surface area contributed by atoms with Gasteiger partial charge in [-0.15, -0.1) is 11.3 Å². The molecule has 0 aliphatic heterocycles. The quantitative estimate of drug-likeness (QED) is 0.779. The van der Waals surface area contributed by atoms with Crippen molar-refractivity contribution in [3.05, 3.63) is 52.0 Å². The molecule has 0 spiro atoms. The number of halogens is 4. The van der Waals surface area contributed by atoms with Gasteiger partial charge in [0.2, 0.25) is 0 Å². The predicted molar refractivity (Wildman–Crippen MR) is 78.5 cm³/mol. The number of pyridine rings is 1. The molecule has 3 rings (SSSR count). The lowest BCUT2D eigenvalue weighted by molar-refractivity contribution is -0.137. The highest BCUT2D eigenvalue weighted by atomic mass is 35.5. The maximum atomic E-state index is 12.5. The lowest BCUT2D eigenvalue weighted by Gasteiger charge is -2.09. The van der Waals surface area contributed by atoms with Crippen molar-refractivity contribution in [3.8, 4) is 0 Å². The molecule has 0 aromatic carbocycles. The van der Waals surface area contributed by atoms with Crippen LogP contribution in [0.1, 0.15) is 21.7 Å². The number of amides is 1. The number of carbonyl (C=O) groups is 1. The molecule has 3 aromatic heterocycles. The Hall–Kier alpha value is -2.13. The average molecular weight is 361 g/mol. The zero-order valence-electron chi connectivity index (χ0n) is 11.3. The normalized spacial score (nSPS) is 11.8. The molecule has 23 heavy (non-hydrogen) atoms. The molecule has 120 valence electrons. The summed E-state index contributed by atoms with van der Waals surface area (Å²) in [6, 6.07) is 0.780. The van der Waals surface area contributed by atoms with Crippen LogP contribution in [-0.4, -0.2) is 20.3 Å². The number of hydrogen-bond acceptors (Lipinski definition) is 4. The molecule has 0 unspecified atom stereocenters. The molecule has 0 saturated heterocycles. The highest BCUT2D eigenvalue weighted by Crippen LogP contribution is 2.31. The second-order valence-corrected chi connectivity index (χ2v) is 5.83. The largest absolute Gasteiger partial charge is 0.417 e. The van der Waals surface area contributed by atoms with Crippen LogP contribution in [0.4, 0.5) is 13.2 Å². The second-order valence-electron chi connectivity index (χ2n) is 4.55. The van der Waals surface area contributed by atoms with Crippen molar-refractivity contribution in [3.63, 3.8) is 0 Å². The number of fused-ring (bicyclic) bond motifs is 1. The van der Waals surface area contributed by atoms with E-state index >= 15 is 0 Å². The first kappa shape index (κ1) is 15.8. The van der Waals surface area contributed by atoms with Crippen molar-refractivity contribution >= 4 is 33.8 Å². The van der Waals surface area contributed by atoms with Gasteiger partial charge < -0.3 is 5.32 Å². The predicted octanol–water partition coefficient (Wildman–Crippen LogP) is 3.39. The molecule has 0 saturated carbocycles. The Kier molecular flexibility index (Phi) is 3.99. The van der Waals surface area contributed by atoms with Gasteiger partial charge in [0, 0.05) is 24.0 Å². The Morgan fingerprint density at radius 3 is 2.87 bits per heavy atom. The van der Waals surface area contributed by atoms with Gasteiger partial charge in [0.1, 0.15) is 5.69 Å². The van der Waals surface area contributed by atoms with Crippen molar-refractivity contribution in [2.24, 2.45) is 0 Å². The number of thiazole rings is 1. The maximum Gasteiger partial charge on any atom is 0.417 e. The van der Waals surface area contributed by atoms with Gasteiger partial charge in [-0.1, -0.05) is 11.6 Å². The van der Waals surface area contributed by atoms with Crippen LogP contribution in [0, 0.1) is 0 Å². The van der Waals surface area contributed by atoms with Crippen molar-refractivity contribution in [2.45, 2.75) is 12.7 Å². The van der Waals surface area contributed by atoms with Gasteiger partial charge in [-0.05, 0) is 6.07 Å². The fourth-order valence-electron chi connectivity index (χ4n) is 1.84. The summed E-state index contributed by atoms with van der Waals surface area (Å²) in [5.41, 5.74) is -0.583. The summed E-state index contributed by atoms with van der Waals surface area (Å²) in [7, 11) is 0. The summed E-state index contributed by atoms with van der Waals surface area (Å²) in [6.45, 7) is -0.0963. The van der Waals surface area contributed by atoms with E-state index in [-0.39, 0.29) is 23.0 Å². The number of rotatable bonds is 3. The summed E-state index contributed by atoms with van der Waals surface area (Å²) < 4.78 is 39.3. The molecule has 5 nitrogen and oxygen atoms in total. The van der Waals surface area contributed by atoms with Crippen LogP contribution in [-0.2, 0) is 12.7 Å². The number of alkyl halides is 3. The van der Waals surface area contributed by atoms with Crippen LogP contribution >= 0.6 is 22.9 Å². The van der Waals surface area contributed by atoms with E-state index in [9.17, 15) is 18.0 Å². The number of aromatic nitrogens is 3. The van der Waals surface area contributed by atoms with E-state index in [1.807, 2.05) is 5.38 Å². The lowest BCUT2D eigenvalue weighted by atomic mass is 10.2. The minimum atomic E-state index is -4.51. The second kappa shape index (κ2) is 5.82. The zero-order chi connectivity index (χ0) is 16.6. The summed E-state index contributed by atoms with van der Waals surface area (Å²) in [6.07, 6.45) is -0.512. The molecule has 1 amide bonds. The first-order valence-electron chi connectivity index (χ1n) is 6.26. The van der Waals surface area contributed by atoms with E-state index < -0.39 is 17.6 Å². The molecule has 10 heteroatoms. The van der Waals surface area contributed by atoms with E-state index in [4.69, 9.17) is 11.6 Å². The van der Waals surface area contributed by atoms with Crippen molar-refractivity contribution in [2.75, 3.05) is 0 Å². The Morgan fingerprint density at radius 2 is 2.22 bits per heavy atom. The van der Waals surface area contributed by atoms with E-state index in [0.717, 1.165) is 6.07 Å².